The average Bonchev–Trinajstić information content (AvgIpc) is 2.66. The molecule has 3 aromatic rings. The summed E-state index contributed by atoms with van der Waals surface area (Å²) in [5.41, 5.74) is 0.234. The summed E-state index contributed by atoms with van der Waals surface area (Å²) >= 11 is 0. The van der Waals surface area contributed by atoms with Crippen LogP contribution in [0.5, 0.6) is 17.2 Å². The Balaban J connectivity index is 1.95. The average molecular weight is 352 g/mol. The van der Waals surface area contributed by atoms with Gasteiger partial charge in [0, 0.05) is 5.39 Å². The van der Waals surface area contributed by atoms with Crippen LogP contribution in [-0.2, 0) is 0 Å². The van der Waals surface area contributed by atoms with Gasteiger partial charge >= 0.3 is 5.63 Å². The molecule has 1 aromatic heterocycles. The highest BCUT2D eigenvalue weighted by atomic mass is 16.5. The predicted octanol–water partition coefficient (Wildman–Crippen LogP) is 3.41. The summed E-state index contributed by atoms with van der Waals surface area (Å²) in [6.45, 7) is 0. The summed E-state index contributed by atoms with van der Waals surface area (Å²) in [5.74, 6) is -0.201. The van der Waals surface area contributed by atoms with E-state index in [9.17, 15) is 14.7 Å². The molecule has 0 aliphatic heterocycles. The van der Waals surface area contributed by atoms with Gasteiger partial charge in [-0.2, -0.15) is 0 Å². The zero-order valence-corrected chi connectivity index (χ0v) is 14.2. The van der Waals surface area contributed by atoms with Crippen LogP contribution in [-0.4, -0.2) is 25.1 Å². The second kappa shape index (κ2) is 7.14. The number of ether oxygens (including phenoxy) is 2. The summed E-state index contributed by atoms with van der Waals surface area (Å²) in [5, 5.41) is 10.6. The molecular formula is C20H16O6. The van der Waals surface area contributed by atoms with Gasteiger partial charge in [-0.25, -0.2) is 4.79 Å². The number of carbonyl (C=O) groups excluding carboxylic acids is 1. The van der Waals surface area contributed by atoms with E-state index < -0.39 is 11.4 Å². The molecule has 26 heavy (non-hydrogen) atoms. The van der Waals surface area contributed by atoms with Crippen molar-refractivity contribution in [2.75, 3.05) is 14.2 Å². The summed E-state index contributed by atoms with van der Waals surface area (Å²) < 4.78 is 15.3. The molecule has 3 rings (SSSR count). The van der Waals surface area contributed by atoms with Gasteiger partial charge < -0.3 is 19.0 Å². The highest BCUT2D eigenvalue weighted by Gasteiger charge is 2.13. The van der Waals surface area contributed by atoms with Crippen LogP contribution >= 0.6 is 0 Å². The van der Waals surface area contributed by atoms with Crippen LogP contribution in [0.2, 0.25) is 0 Å². The van der Waals surface area contributed by atoms with Crippen LogP contribution in [0.25, 0.3) is 17.0 Å². The van der Waals surface area contributed by atoms with Crippen molar-refractivity contribution in [2.24, 2.45) is 0 Å². The number of ketones is 1. The van der Waals surface area contributed by atoms with E-state index in [0.717, 1.165) is 0 Å². The lowest BCUT2D eigenvalue weighted by atomic mass is 10.1. The maximum Gasteiger partial charge on any atom is 0.347 e. The molecule has 0 bridgehead atoms. The van der Waals surface area contributed by atoms with Crippen LogP contribution in [0.3, 0.4) is 0 Å². The lowest BCUT2D eigenvalue weighted by molar-refractivity contribution is 0.104. The van der Waals surface area contributed by atoms with Crippen LogP contribution in [0.15, 0.2) is 57.8 Å². The lowest BCUT2D eigenvalue weighted by Gasteiger charge is -2.09. The number of rotatable bonds is 5. The van der Waals surface area contributed by atoms with Gasteiger partial charge in [-0.1, -0.05) is 24.3 Å². The number of fused-ring (bicyclic) bond motifs is 1. The van der Waals surface area contributed by atoms with Gasteiger partial charge in [0.15, 0.2) is 17.3 Å². The van der Waals surface area contributed by atoms with Crippen molar-refractivity contribution in [3.63, 3.8) is 0 Å². The van der Waals surface area contributed by atoms with Gasteiger partial charge in [0.2, 0.25) is 5.75 Å². The van der Waals surface area contributed by atoms with Gasteiger partial charge in [-0.3, -0.25) is 4.79 Å². The molecule has 0 saturated carbocycles. The molecule has 0 atom stereocenters. The maximum absolute atomic E-state index is 12.4. The molecule has 0 fully saturated rings. The Hall–Kier alpha value is -3.54. The summed E-state index contributed by atoms with van der Waals surface area (Å²) in [6.07, 6.45) is 2.76. The van der Waals surface area contributed by atoms with E-state index in [1.54, 1.807) is 36.4 Å². The molecule has 1 heterocycles. The Morgan fingerprint density at radius 1 is 1.08 bits per heavy atom. The molecule has 0 aliphatic carbocycles. The number of phenols is 1. The Kier molecular flexibility index (Phi) is 4.75. The Morgan fingerprint density at radius 2 is 1.73 bits per heavy atom. The summed E-state index contributed by atoms with van der Waals surface area (Å²) in [4.78, 5) is 24.4. The monoisotopic (exact) mass is 352 g/mol. The lowest BCUT2D eigenvalue weighted by Crippen LogP contribution is -2.11. The normalized spacial score (nSPS) is 11.0. The second-order valence-electron chi connectivity index (χ2n) is 5.46. The molecule has 6 heteroatoms. The number of hydrogen-bond donors (Lipinski definition) is 1. The first-order valence-electron chi connectivity index (χ1n) is 7.73. The number of carbonyl (C=O) groups is 1. The fourth-order valence-corrected chi connectivity index (χ4v) is 2.51. The number of allylic oxidation sites excluding steroid dienone is 1. The van der Waals surface area contributed by atoms with Gasteiger partial charge in [0.25, 0.3) is 0 Å². The third-order valence-electron chi connectivity index (χ3n) is 3.84. The maximum atomic E-state index is 12.4. The van der Waals surface area contributed by atoms with Crippen molar-refractivity contribution in [2.45, 2.75) is 0 Å². The van der Waals surface area contributed by atoms with Crippen molar-refractivity contribution in [1.82, 2.24) is 0 Å². The third-order valence-corrected chi connectivity index (χ3v) is 3.84. The fraction of sp³-hybridized carbons (Fsp3) is 0.100. The highest BCUT2D eigenvalue weighted by Crippen LogP contribution is 2.37. The zero-order valence-electron chi connectivity index (χ0n) is 14.2. The molecule has 132 valence electrons. The van der Waals surface area contributed by atoms with Gasteiger partial charge in [0.05, 0.1) is 14.2 Å². The topological polar surface area (TPSA) is 86.0 Å². The summed E-state index contributed by atoms with van der Waals surface area (Å²) in [7, 11) is 2.82. The molecular weight excluding hydrogens is 336 g/mol. The van der Waals surface area contributed by atoms with Crippen LogP contribution in [0.1, 0.15) is 15.9 Å². The van der Waals surface area contributed by atoms with Crippen molar-refractivity contribution in [1.29, 1.82) is 0 Å². The van der Waals surface area contributed by atoms with E-state index in [-0.39, 0.29) is 22.8 Å². The van der Waals surface area contributed by atoms with E-state index in [0.29, 0.717) is 16.5 Å². The first-order chi connectivity index (χ1) is 12.5. The number of hydrogen-bond acceptors (Lipinski definition) is 6. The molecule has 6 nitrogen and oxygen atoms in total. The number of para-hydroxylation sites is 1. The SMILES string of the molecule is COc1cc(C=CC(=O)c2cc3ccccc3oc2=O)cc(OC)c1O. The van der Waals surface area contributed by atoms with E-state index in [1.165, 1.54) is 32.4 Å². The van der Waals surface area contributed by atoms with Gasteiger partial charge in [0.1, 0.15) is 11.1 Å². The standard InChI is InChI=1S/C20H16O6/c1-24-17-9-12(10-18(25-2)19(17)22)7-8-15(21)14-11-13-5-3-4-6-16(13)26-20(14)23/h3-11,22H,1-2H3. The molecule has 0 amide bonds. The van der Waals surface area contributed by atoms with Crippen molar-refractivity contribution < 1.29 is 23.8 Å². The first-order valence-corrected chi connectivity index (χ1v) is 7.73. The molecule has 0 unspecified atom stereocenters. The minimum Gasteiger partial charge on any atom is -0.502 e. The van der Waals surface area contributed by atoms with Crippen LogP contribution in [0, 0.1) is 0 Å². The molecule has 0 spiro atoms. The molecule has 2 aromatic carbocycles. The minimum absolute atomic E-state index is 0.0577. The van der Waals surface area contributed by atoms with Crippen LogP contribution in [0.4, 0.5) is 0 Å². The first kappa shape index (κ1) is 17.3. The van der Waals surface area contributed by atoms with E-state index in [2.05, 4.69) is 0 Å². The fourth-order valence-electron chi connectivity index (χ4n) is 2.51. The van der Waals surface area contributed by atoms with E-state index in [4.69, 9.17) is 13.9 Å². The van der Waals surface area contributed by atoms with E-state index in [1.807, 2.05) is 0 Å². The third kappa shape index (κ3) is 3.30. The van der Waals surface area contributed by atoms with Gasteiger partial charge in [-0.05, 0) is 35.9 Å². The highest BCUT2D eigenvalue weighted by molar-refractivity contribution is 6.07. The van der Waals surface area contributed by atoms with Gasteiger partial charge in [-0.15, -0.1) is 0 Å². The zero-order chi connectivity index (χ0) is 18.7. The molecule has 0 saturated heterocycles. The Morgan fingerprint density at radius 3 is 2.38 bits per heavy atom. The van der Waals surface area contributed by atoms with Crippen molar-refractivity contribution in [3.8, 4) is 17.2 Å². The molecule has 1 N–H and O–H groups in total. The summed E-state index contributed by atoms with van der Waals surface area (Å²) in [6, 6.07) is 11.6. The Labute approximate surface area is 148 Å². The van der Waals surface area contributed by atoms with E-state index >= 15 is 0 Å². The number of benzene rings is 2. The number of aromatic hydroxyl groups is 1. The molecule has 0 aliphatic rings. The quantitative estimate of drug-likeness (QED) is 0.430. The predicted molar refractivity (Wildman–Crippen MR) is 97.1 cm³/mol. The largest absolute Gasteiger partial charge is 0.502 e. The minimum atomic E-state index is -0.695. The number of methoxy groups -OCH3 is 2. The van der Waals surface area contributed by atoms with Crippen LogP contribution < -0.4 is 15.1 Å². The molecule has 0 radical (unpaired) electrons. The second-order valence-corrected chi connectivity index (χ2v) is 5.46. The number of phenolic OH excluding ortho intramolecular Hbond substituents is 1. The van der Waals surface area contributed by atoms with Crippen molar-refractivity contribution in [3.05, 3.63) is 70.1 Å². The smallest absolute Gasteiger partial charge is 0.347 e. The van der Waals surface area contributed by atoms with Crippen molar-refractivity contribution >= 4 is 22.8 Å². The Bertz CT molecular complexity index is 1040.